The van der Waals surface area contributed by atoms with Gasteiger partial charge in [-0.05, 0) is 45.7 Å². The lowest BCUT2D eigenvalue weighted by Crippen LogP contribution is -2.49. The first-order chi connectivity index (χ1) is 7.05. The van der Waals surface area contributed by atoms with Crippen LogP contribution in [0.25, 0.3) is 0 Å². The monoisotopic (exact) mass is 279 g/mol. The smallest absolute Gasteiger partial charge is 0.334 e. The molecule has 0 aliphatic heterocycles. The summed E-state index contributed by atoms with van der Waals surface area (Å²) in [5.41, 5.74) is -0.608. The van der Waals surface area contributed by atoms with Gasteiger partial charge in [-0.2, -0.15) is 0 Å². The van der Waals surface area contributed by atoms with Crippen molar-refractivity contribution < 1.29 is 13.3 Å². The Hall–Kier alpha value is 0.531. The van der Waals surface area contributed by atoms with Crippen molar-refractivity contribution in [1.29, 1.82) is 0 Å². The molecule has 0 saturated heterocycles. The lowest BCUT2D eigenvalue weighted by molar-refractivity contribution is 0.115. The molecule has 0 aliphatic rings. The minimum atomic E-state index is -2.03. The second kappa shape index (κ2) is 6.46. The Kier molecular flexibility index (Phi) is 6.67. The van der Waals surface area contributed by atoms with Crippen LogP contribution in [0.1, 0.15) is 19.8 Å². The molecule has 0 saturated carbocycles. The molecule has 0 N–H and O–H groups in total. The van der Waals surface area contributed by atoms with E-state index in [0.29, 0.717) is 6.42 Å². The third-order valence-corrected chi connectivity index (χ3v) is 10.3. The molecule has 0 fully saturated rings. The quantitative estimate of drug-likeness (QED) is 0.672. The summed E-state index contributed by atoms with van der Waals surface area (Å²) in [7, 11) is -5.33. The summed E-state index contributed by atoms with van der Waals surface area (Å²) < 4.78 is 12.0. The molecular formula is C10H27O3Si3. The second-order valence-corrected chi connectivity index (χ2v) is 18.0. The standard InChI is InChI=1S/C10H27O3Si3/c1-8-9-10(11)14(12-15(2,3)4)13-16(5,6)7/h10,14H,8-9H2,1-7H3. The number of rotatable bonds is 7. The Labute approximate surface area is 104 Å². The summed E-state index contributed by atoms with van der Waals surface area (Å²) in [5.74, 6) is 0. The molecule has 0 aromatic rings. The Balaban J connectivity index is 4.51. The molecule has 3 nitrogen and oxygen atoms in total. The Morgan fingerprint density at radius 1 is 1.00 bits per heavy atom. The van der Waals surface area contributed by atoms with Gasteiger partial charge in [-0.15, -0.1) is 0 Å². The minimum absolute atomic E-state index is 0.608. The first kappa shape index (κ1) is 16.5. The molecule has 0 aromatic carbocycles. The third-order valence-electron chi connectivity index (χ3n) is 1.82. The van der Waals surface area contributed by atoms with Crippen molar-refractivity contribution in [1.82, 2.24) is 0 Å². The molecule has 97 valence electrons. The van der Waals surface area contributed by atoms with E-state index < -0.39 is 31.6 Å². The van der Waals surface area contributed by atoms with E-state index in [1.165, 1.54) is 0 Å². The average Bonchev–Trinajstić information content (AvgIpc) is 1.97. The van der Waals surface area contributed by atoms with Crippen molar-refractivity contribution in [2.24, 2.45) is 0 Å². The lowest BCUT2D eigenvalue weighted by atomic mass is 10.4. The van der Waals surface area contributed by atoms with Crippen molar-refractivity contribution in [2.45, 2.75) is 64.8 Å². The van der Waals surface area contributed by atoms with E-state index in [9.17, 15) is 5.11 Å². The van der Waals surface area contributed by atoms with Crippen LogP contribution in [0, 0.1) is 0 Å². The SMILES string of the molecule is CCCC([O])[SiH](O[Si](C)(C)C)O[Si](C)(C)C. The summed E-state index contributed by atoms with van der Waals surface area (Å²) in [6.45, 7) is 14.8. The van der Waals surface area contributed by atoms with Gasteiger partial charge in [0.05, 0.1) is 0 Å². The van der Waals surface area contributed by atoms with Crippen LogP contribution in [0.2, 0.25) is 39.3 Å². The Morgan fingerprint density at radius 2 is 1.38 bits per heavy atom. The van der Waals surface area contributed by atoms with E-state index in [4.69, 9.17) is 8.23 Å². The predicted octanol–water partition coefficient (Wildman–Crippen LogP) is 3.05. The van der Waals surface area contributed by atoms with E-state index >= 15 is 0 Å². The van der Waals surface area contributed by atoms with Gasteiger partial charge in [0.15, 0.2) is 16.6 Å². The topological polar surface area (TPSA) is 38.4 Å². The second-order valence-electron chi connectivity index (χ2n) is 6.16. The van der Waals surface area contributed by atoms with Gasteiger partial charge in [-0.3, -0.25) is 0 Å². The van der Waals surface area contributed by atoms with Crippen LogP contribution in [-0.4, -0.2) is 31.6 Å². The largest absolute Gasteiger partial charge is 0.437 e. The molecule has 6 heteroatoms. The summed E-state index contributed by atoms with van der Waals surface area (Å²) in [5, 5.41) is 12.0. The van der Waals surface area contributed by atoms with Crippen molar-refractivity contribution >= 4 is 25.9 Å². The first-order valence-electron chi connectivity index (χ1n) is 6.06. The van der Waals surface area contributed by atoms with Crippen LogP contribution in [0.3, 0.4) is 0 Å². The van der Waals surface area contributed by atoms with Gasteiger partial charge in [-0.25, -0.2) is 5.11 Å². The third kappa shape index (κ3) is 8.66. The summed E-state index contributed by atoms with van der Waals surface area (Å²) in [4.78, 5) is 0. The van der Waals surface area contributed by atoms with Crippen molar-refractivity contribution in [3.63, 3.8) is 0 Å². The number of hydrogen-bond acceptors (Lipinski definition) is 2. The molecular weight excluding hydrogens is 252 g/mol. The molecule has 1 radical (unpaired) electrons. The normalized spacial score (nSPS) is 15.6. The Bertz CT molecular complexity index is 182. The zero-order valence-electron chi connectivity index (χ0n) is 11.8. The zero-order valence-corrected chi connectivity index (χ0v) is 14.9. The summed E-state index contributed by atoms with van der Waals surface area (Å²) in [6, 6.07) is 0. The van der Waals surface area contributed by atoms with Gasteiger partial charge in [-0.1, -0.05) is 13.3 Å². The number of hydrogen-bond donors (Lipinski definition) is 0. The van der Waals surface area contributed by atoms with Crippen LogP contribution in [0.5, 0.6) is 0 Å². The van der Waals surface area contributed by atoms with Gasteiger partial charge in [0.2, 0.25) is 0 Å². The molecule has 0 bridgehead atoms. The highest BCUT2D eigenvalue weighted by Gasteiger charge is 2.34. The highest BCUT2D eigenvalue weighted by Crippen LogP contribution is 2.16. The molecule has 16 heavy (non-hydrogen) atoms. The highest BCUT2D eigenvalue weighted by molar-refractivity contribution is 6.81. The summed E-state index contributed by atoms with van der Waals surface area (Å²) in [6.07, 6.45) is 1.60. The van der Waals surface area contributed by atoms with E-state index in [1.807, 2.05) is 6.92 Å². The molecule has 0 aliphatic carbocycles. The van der Waals surface area contributed by atoms with Crippen molar-refractivity contribution in [3.8, 4) is 0 Å². The van der Waals surface area contributed by atoms with Crippen LogP contribution >= 0.6 is 0 Å². The van der Waals surface area contributed by atoms with Crippen LogP contribution < -0.4 is 0 Å². The van der Waals surface area contributed by atoms with Crippen molar-refractivity contribution in [2.75, 3.05) is 0 Å². The van der Waals surface area contributed by atoms with Gasteiger partial charge < -0.3 is 8.23 Å². The molecule has 0 aromatic heterocycles. The van der Waals surface area contributed by atoms with Gasteiger partial charge in [0, 0.05) is 0 Å². The van der Waals surface area contributed by atoms with Crippen LogP contribution in [-0.2, 0) is 13.3 Å². The summed E-state index contributed by atoms with van der Waals surface area (Å²) >= 11 is 0. The maximum absolute atomic E-state index is 12.0. The van der Waals surface area contributed by atoms with Gasteiger partial charge in [0.25, 0.3) is 0 Å². The molecule has 0 amide bonds. The fraction of sp³-hybridized carbons (Fsp3) is 1.00. The molecule has 0 heterocycles. The molecule has 1 unspecified atom stereocenters. The zero-order chi connectivity index (χ0) is 13.0. The van der Waals surface area contributed by atoms with E-state index in [-0.39, 0.29) is 0 Å². The predicted molar refractivity (Wildman–Crippen MR) is 75.4 cm³/mol. The van der Waals surface area contributed by atoms with Crippen LogP contribution in [0.15, 0.2) is 0 Å². The maximum atomic E-state index is 12.0. The minimum Gasteiger partial charge on any atom is -0.437 e. The van der Waals surface area contributed by atoms with E-state index in [1.54, 1.807) is 0 Å². The molecule has 0 spiro atoms. The van der Waals surface area contributed by atoms with Gasteiger partial charge >= 0.3 is 9.28 Å². The average molecular weight is 280 g/mol. The maximum Gasteiger partial charge on any atom is 0.334 e. The fourth-order valence-corrected chi connectivity index (χ4v) is 9.31. The van der Waals surface area contributed by atoms with E-state index in [2.05, 4.69) is 39.3 Å². The Morgan fingerprint density at radius 3 is 1.62 bits per heavy atom. The molecule has 0 rings (SSSR count). The molecule has 1 atom stereocenters. The highest BCUT2D eigenvalue weighted by atomic mass is 28.4. The van der Waals surface area contributed by atoms with Crippen LogP contribution in [0.4, 0.5) is 0 Å². The fourth-order valence-electron chi connectivity index (χ4n) is 1.29. The van der Waals surface area contributed by atoms with E-state index in [0.717, 1.165) is 6.42 Å². The van der Waals surface area contributed by atoms with Gasteiger partial charge in [0.1, 0.15) is 5.73 Å². The first-order valence-corrected chi connectivity index (χ1v) is 14.5. The lowest BCUT2D eigenvalue weighted by Gasteiger charge is -2.32. The van der Waals surface area contributed by atoms with Crippen molar-refractivity contribution in [3.05, 3.63) is 0 Å².